The van der Waals surface area contributed by atoms with Crippen molar-refractivity contribution in [3.63, 3.8) is 0 Å². The van der Waals surface area contributed by atoms with Gasteiger partial charge in [-0.15, -0.1) is 0 Å². The Hall–Kier alpha value is -1.06. The fourth-order valence-electron chi connectivity index (χ4n) is 3.70. The van der Waals surface area contributed by atoms with E-state index in [-0.39, 0.29) is 0 Å². The quantitative estimate of drug-likeness (QED) is 0.869. The summed E-state index contributed by atoms with van der Waals surface area (Å²) in [5.74, 6) is 0.963. The van der Waals surface area contributed by atoms with E-state index >= 15 is 0 Å². The molecule has 0 fully saturated rings. The molecule has 0 radical (unpaired) electrons. The molecule has 1 N–H and O–H groups in total. The van der Waals surface area contributed by atoms with Gasteiger partial charge in [0.1, 0.15) is 5.75 Å². The summed E-state index contributed by atoms with van der Waals surface area (Å²) in [6.45, 7) is 11.2. The molecule has 0 saturated heterocycles. The van der Waals surface area contributed by atoms with Crippen molar-refractivity contribution in [3.05, 3.63) is 29.3 Å². The SMILES string of the molecule is CCNC1c2cc(OC)ccc2CCC1N(CC)C(C)C. The van der Waals surface area contributed by atoms with E-state index in [4.69, 9.17) is 4.74 Å². The normalized spacial score (nSPS) is 21.7. The van der Waals surface area contributed by atoms with Gasteiger partial charge in [-0.1, -0.05) is 19.9 Å². The second-order valence-corrected chi connectivity index (χ2v) is 6.13. The smallest absolute Gasteiger partial charge is 0.119 e. The lowest BCUT2D eigenvalue weighted by Gasteiger charge is -2.43. The molecule has 1 aromatic rings. The van der Waals surface area contributed by atoms with Gasteiger partial charge in [-0.3, -0.25) is 4.90 Å². The van der Waals surface area contributed by atoms with E-state index < -0.39 is 0 Å². The fourth-order valence-corrected chi connectivity index (χ4v) is 3.70. The molecule has 3 heteroatoms. The summed E-state index contributed by atoms with van der Waals surface area (Å²) in [5, 5.41) is 3.71. The van der Waals surface area contributed by atoms with Crippen molar-refractivity contribution >= 4 is 0 Å². The number of ether oxygens (including phenoxy) is 1. The molecule has 2 unspecified atom stereocenters. The molecule has 2 atom stereocenters. The molecule has 2 rings (SSSR count). The largest absolute Gasteiger partial charge is 0.497 e. The Bertz CT molecular complexity index is 459. The second-order valence-electron chi connectivity index (χ2n) is 6.13. The van der Waals surface area contributed by atoms with E-state index in [0.717, 1.165) is 25.3 Å². The summed E-state index contributed by atoms with van der Waals surface area (Å²) in [6, 6.07) is 8.09. The second kappa shape index (κ2) is 7.28. The van der Waals surface area contributed by atoms with Crippen molar-refractivity contribution in [3.8, 4) is 5.75 Å². The maximum absolute atomic E-state index is 5.43. The van der Waals surface area contributed by atoms with Crippen molar-refractivity contribution in [2.24, 2.45) is 0 Å². The van der Waals surface area contributed by atoms with Crippen LogP contribution in [0.1, 0.15) is 51.3 Å². The highest BCUT2D eigenvalue weighted by Crippen LogP contribution is 2.35. The molecule has 0 heterocycles. The Morgan fingerprint density at radius 1 is 1.33 bits per heavy atom. The van der Waals surface area contributed by atoms with Gasteiger partial charge in [-0.05, 0) is 63.0 Å². The predicted octanol–water partition coefficient (Wildman–Crippen LogP) is 3.39. The van der Waals surface area contributed by atoms with Crippen LogP contribution in [-0.4, -0.2) is 37.2 Å². The maximum Gasteiger partial charge on any atom is 0.119 e. The number of nitrogens with one attached hydrogen (secondary N) is 1. The van der Waals surface area contributed by atoms with E-state index in [1.54, 1.807) is 7.11 Å². The number of benzene rings is 1. The molecule has 118 valence electrons. The van der Waals surface area contributed by atoms with Crippen LogP contribution in [0, 0.1) is 0 Å². The van der Waals surface area contributed by atoms with Crippen molar-refractivity contribution in [1.29, 1.82) is 0 Å². The summed E-state index contributed by atoms with van der Waals surface area (Å²) in [5.41, 5.74) is 2.89. The first-order valence-corrected chi connectivity index (χ1v) is 8.28. The fraction of sp³-hybridized carbons (Fsp3) is 0.667. The molecule has 0 spiro atoms. The van der Waals surface area contributed by atoms with Crippen molar-refractivity contribution < 1.29 is 4.74 Å². The van der Waals surface area contributed by atoms with Gasteiger partial charge in [0, 0.05) is 18.1 Å². The molecule has 1 aromatic carbocycles. The number of hydrogen-bond acceptors (Lipinski definition) is 3. The Labute approximate surface area is 129 Å². The van der Waals surface area contributed by atoms with E-state index in [0.29, 0.717) is 18.1 Å². The Balaban J connectivity index is 2.37. The summed E-state index contributed by atoms with van der Waals surface area (Å²) >= 11 is 0. The van der Waals surface area contributed by atoms with Crippen molar-refractivity contribution in [2.75, 3.05) is 20.2 Å². The lowest BCUT2D eigenvalue weighted by molar-refractivity contribution is 0.114. The molecule has 0 saturated carbocycles. The highest BCUT2D eigenvalue weighted by Gasteiger charge is 2.33. The third kappa shape index (κ3) is 3.41. The zero-order chi connectivity index (χ0) is 15.4. The van der Waals surface area contributed by atoms with Crippen LogP contribution in [0.25, 0.3) is 0 Å². The molecule has 0 bridgehead atoms. The van der Waals surface area contributed by atoms with Crippen LogP contribution in [0.2, 0.25) is 0 Å². The van der Waals surface area contributed by atoms with Crippen molar-refractivity contribution in [1.82, 2.24) is 10.2 Å². The van der Waals surface area contributed by atoms with E-state index in [1.807, 2.05) is 0 Å². The summed E-state index contributed by atoms with van der Waals surface area (Å²) in [6.07, 6.45) is 2.39. The topological polar surface area (TPSA) is 24.5 Å². The number of fused-ring (bicyclic) bond motifs is 1. The molecular weight excluding hydrogens is 260 g/mol. The summed E-state index contributed by atoms with van der Waals surface area (Å²) in [7, 11) is 1.75. The number of hydrogen-bond donors (Lipinski definition) is 1. The standard InChI is InChI=1S/C18H30N2O/c1-6-19-18-16-12-15(21-5)10-8-14(16)9-11-17(18)20(7-2)13(3)4/h8,10,12-13,17-19H,6-7,9,11H2,1-5H3. The number of methoxy groups -OCH3 is 1. The van der Waals surface area contributed by atoms with Gasteiger partial charge < -0.3 is 10.1 Å². The molecule has 0 aliphatic heterocycles. The minimum Gasteiger partial charge on any atom is -0.497 e. The number of rotatable bonds is 6. The predicted molar refractivity (Wildman–Crippen MR) is 89.0 cm³/mol. The molecule has 0 amide bonds. The zero-order valence-corrected chi connectivity index (χ0v) is 14.1. The van der Waals surface area contributed by atoms with E-state index in [1.165, 1.54) is 17.5 Å². The minimum atomic E-state index is 0.399. The lowest BCUT2D eigenvalue weighted by Crippen LogP contribution is -2.49. The first kappa shape index (κ1) is 16.3. The number of aryl methyl sites for hydroxylation is 1. The first-order chi connectivity index (χ1) is 10.1. The van der Waals surface area contributed by atoms with Crippen LogP contribution in [0.5, 0.6) is 5.75 Å². The van der Waals surface area contributed by atoms with Gasteiger partial charge >= 0.3 is 0 Å². The van der Waals surface area contributed by atoms with Crippen LogP contribution >= 0.6 is 0 Å². The first-order valence-electron chi connectivity index (χ1n) is 8.28. The van der Waals surface area contributed by atoms with Gasteiger partial charge in [0.2, 0.25) is 0 Å². The van der Waals surface area contributed by atoms with E-state index in [9.17, 15) is 0 Å². The average molecular weight is 290 g/mol. The Kier molecular flexibility index (Phi) is 5.65. The highest BCUT2D eigenvalue weighted by molar-refractivity contribution is 5.40. The summed E-state index contributed by atoms with van der Waals surface area (Å²) in [4.78, 5) is 2.62. The van der Waals surface area contributed by atoms with E-state index in [2.05, 4.69) is 56.1 Å². The zero-order valence-electron chi connectivity index (χ0n) is 14.1. The van der Waals surface area contributed by atoms with Crippen LogP contribution < -0.4 is 10.1 Å². The lowest BCUT2D eigenvalue weighted by atomic mass is 9.82. The maximum atomic E-state index is 5.43. The number of nitrogens with zero attached hydrogens (tertiary/aromatic N) is 1. The Morgan fingerprint density at radius 3 is 2.67 bits per heavy atom. The van der Waals surface area contributed by atoms with Crippen LogP contribution in [0.15, 0.2) is 18.2 Å². The van der Waals surface area contributed by atoms with Crippen LogP contribution in [-0.2, 0) is 6.42 Å². The molecule has 3 nitrogen and oxygen atoms in total. The molecule has 0 aromatic heterocycles. The molecular formula is C18H30N2O. The van der Waals surface area contributed by atoms with Crippen molar-refractivity contribution in [2.45, 2.75) is 58.7 Å². The molecule has 1 aliphatic rings. The monoisotopic (exact) mass is 290 g/mol. The molecule has 21 heavy (non-hydrogen) atoms. The minimum absolute atomic E-state index is 0.399. The van der Waals surface area contributed by atoms with Crippen LogP contribution in [0.3, 0.4) is 0 Å². The van der Waals surface area contributed by atoms with Gasteiger partial charge in [0.25, 0.3) is 0 Å². The van der Waals surface area contributed by atoms with Gasteiger partial charge in [0.15, 0.2) is 0 Å². The van der Waals surface area contributed by atoms with Crippen LogP contribution in [0.4, 0.5) is 0 Å². The summed E-state index contributed by atoms with van der Waals surface area (Å²) < 4.78 is 5.43. The molecule has 1 aliphatic carbocycles. The Morgan fingerprint density at radius 2 is 2.10 bits per heavy atom. The van der Waals surface area contributed by atoms with Gasteiger partial charge in [0.05, 0.1) is 7.11 Å². The van der Waals surface area contributed by atoms with Gasteiger partial charge in [-0.2, -0.15) is 0 Å². The third-order valence-corrected chi connectivity index (χ3v) is 4.66. The van der Waals surface area contributed by atoms with Gasteiger partial charge in [-0.25, -0.2) is 0 Å². The highest BCUT2D eigenvalue weighted by atomic mass is 16.5. The average Bonchev–Trinajstić information content (AvgIpc) is 2.49. The third-order valence-electron chi connectivity index (χ3n) is 4.66. The number of likely N-dealkylation sites (N-methyl/N-ethyl adjacent to an activating group) is 2.